The van der Waals surface area contributed by atoms with Gasteiger partial charge < -0.3 is 19.1 Å². The summed E-state index contributed by atoms with van der Waals surface area (Å²) in [5.74, 6) is 1.72. The average molecular weight is 438 g/mol. The Bertz CT molecular complexity index is 960. The third kappa shape index (κ3) is 6.06. The first-order valence-electron chi connectivity index (χ1n) is 11.3. The van der Waals surface area contributed by atoms with Crippen LogP contribution < -0.4 is 9.47 Å². The number of amides is 1. The van der Waals surface area contributed by atoms with Crippen molar-refractivity contribution in [2.75, 3.05) is 13.7 Å². The molecular formula is C27H35NO4. The minimum atomic E-state index is -0.557. The summed E-state index contributed by atoms with van der Waals surface area (Å²) in [7, 11) is 1.66. The Morgan fingerprint density at radius 3 is 2.66 bits per heavy atom. The zero-order valence-electron chi connectivity index (χ0n) is 20.1. The minimum absolute atomic E-state index is 0.000150. The largest absolute Gasteiger partial charge is 0.496 e. The third-order valence-electron chi connectivity index (χ3n) is 5.59. The molecule has 0 fully saturated rings. The maximum absolute atomic E-state index is 13.1. The number of carbonyl (C=O) groups excluding carboxylic acids is 1. The molecule has 0 bridgehead atoms. The highest BCUT2D eigenvalue weighted by molar-refractivity contribution is 5.69. The van der Waals surface area contributed by atoms with Gasteiger partial charge in [0.25, 0.3) is 0 Å². The molecule has 1 aliphatic rings. The van der Waals surface area contributed by atoms with Gasteiger partial charge in [-0.1, -0.05) is 36.4 Å². The molecule has 0 aliphatic carbocycles. The van der Waals surface area contributed by atoms with Crippen LogP contribution >= 0.6 is 0 Å². The molecule has 5 nitrogen and oxygen atoms in total. The van der Waals surface area contributed by atoms with Gasteiger partial charge in [0, 0.05) is 12.1 Å². The van der Waals surface area contributed by atoms with E-state index in [1.165, 1.54) is 0 Å². The molecule has 0 N–H and O–H groups in total. The molecule has 32 heavy (non-hydrogen) atoms. The van der Waals surface area contributed by atoms with E-state index >= 15 is 0 Å². The molecule has 3 rings (SSSR count). The molecule has 2 aromatic rings. The lowest BCUT2D eigenvalue weighted by atomic mass is 10.0. The summed E-state index contributed by atoms with van der Waals surface area (Å²) < 4.78 is 17.3. The summed E-state index contributed by atoms with van der Waals surface area (Å²) in [5.41, 5.74) is 2.62. The van der Waals surface area contributed by atoms with E-state index in [0.717, 1.165) is 41.0 Å². The fraction of sp³-hybridized carbons (Fsp3) is 0.444. The summed E-state index contributed by atoms with van der Waals surface area (Å²) in [5, 5.41) is 0. The quantitative estimate of drug-likeness (QED) is 0.492. The highest BCUT2D eigenvalue weighted by Gasteiger charge is 2.27. The van der Waals surface area contributed by atoms with Crippen LogP contribution in [-0.4, -0.2) is 36.4 Å². The number of hydrogen-bond donors (Lipinski definition) is 0. The molecule has 172 valence electrons. The van der Waals surface area contributed by atoms with Crippen molar-refractivity contribution < 1.29 is 19.0 Å². The lowest BCUT2D eigenvalue weighted by Crippen LogP contribution is -2.39. The second kappa shape index (κ2) is 10.1. The monoisotopic (exact) mass is 437 g/mol. The molecule has 1 heterocycles. The molecule has 0 aromatic heterocycles. The van der Waals surface area contributed by atoms with Crippen molar-refractivity contribution in [3.8, 4) is 11.5 Å². The van der Waals surface area contributed by atoms with Crippen LogP contribution in [0.1, 0.15) is 63.3 Å². The van der Waals surface area contributed by atoms with E-state index in [2.05, 4.69) is 12.2 Å². The number of benzene rings is 2. The molecule has 0 unspecified atom stereocenters. The van der Waals surface area contributed by atoms with Gasteiger partial charge in [-0.05, 0) is 76.8 Å². The van der Waals surface area contributed by atoms with Gasteiger partial charge in [-0.25, -0.2) is 4.79 Å². The molecule has 0 spiro atoms. The van der Waals surface area contributed by atoms with Crippen molar-refractivity contribution in [1.29, 1.82) is 0 Å². The number of ether oxygens (including phenoxy) is 3. The minimum Gasteiger partial charge on any atom is -0.496 e. The number of fused-ring (bicyclic) bond motifs is 1. The number of hydrogen-bond acceptors (Lipinski definition) is 4. The van der Waals surface area contributed by atoms with E-state index in [9.17, 15) is 4.79 Å². The standard InChI is InChI=1S/C27H35NO4/c1-19-13-14-22(18-25(19)30-6)20(2)28(26(29)32-27(3,4)5)17-9-11-23-16-15-21-10-7-8-12-24(21)31-23/h7-8,10,12-16,18,20,23H,9,11,17H2,1-6H3/t20-,23+/m1/s1. The number of rotatable bonds is 7. The molecule has 1 amide bonds. The Kier molecular flexibility index (Phi) is 7.49. The fourth-order valence-electron chi connectivity index (χ4n) is 3.80. The highest BCUT2D eigenvalue weighted by Crippen LogP contribution is 2.30. The lowest BCUT2D eigenvalue weighted by Gasteiger charge is -2.32. The smallest absolute Gasteiger partial charge is 0.410 e. The molecule has 0 saturated heterocycles. The SMILES string of the molecule is COc1cc([C@@H](C)N(CCC[C@H]2C=Cc3ccccc3O2)C(=O)OC(C)(C)C)ccc1C. The van der Waals surface area contributed by atoms with Gasteiger partial charge in [-0.2, -0.15) is 0 Å². The summed E-state index contributed by atoms with van der Waals surface area (Å²) in [6.07, 6.45) is 5.50. The number of aryl methyl sites for hydroxylation is 1. The van der Waals surface area contributed by atoms with Crippen LogP contribution in [0, 0.1) is 6.92 Å². The second-order valence-electron chi connectivity index (χ2n) is 9.27. The van der Waals surface area contributed by atoms with E-state index < -0.39 is 5.60 Å². The fourth-order valence-corrected chi connectivity index (χ4v) is 3.80. The highest BCUT2D eigenvalue weighted by atomic mass is 16.6. The molecule has 2 atom stereocenters. The Morgan fingerprint density at radius 1 is 1.19 bits per heavy atom. The normalized spacial score (nSPS) is 16.0. The number of methoxy groups -OCH3 is 1. The van der Waals surface area contributed by atoms with Gasteiger partial charge in [-0.3, -0.25) is 0 Å². The Balaban J connectivity index is 1.70. The second-order valence-corrected chi connectivity index (χ2v) is 9.27. The van der Waals surface area contributed by atoms with Crippen molar-refractivity contribution in [3.05, 3.63) is 65.2 Å². The van der Waals surface area contributed by atoms with Crippen molar-refractivity contribution in [3.63, 3.8) is 0 Å². The van der Waals surface area contributed by atoms with E-state index in [1.807, 2.05) is 77.1 Å². The molecular weight excluding hydrogens is 402 g/mol. The Morgan fingerprint density at radius 2 is 1.94 bits per heavy atom. The van der Waals surface area contributed by atoms with Crippen LogP contribution in [0.4, 0.5) is 4.79 Å². The number of carbonyl (C=O) groups is 1. The number of para-hydroxylation sites is 1. The first kappa shape index (κ1) is 23.7. The summed E-state index contributed by atoms with van der Waals surface area (Å²) in [6.45, 7) is 10.3. The van der Waals surface area contributed by atoms with E-state index in [1.54, 1.807) is 12.0 Å². The summed E-state index contributed by atoms with van der Waals surface area (Å²) in [6, 6.07) is 13.9. The first-order valence-corrected chi connectivity index (χ1v) is 11.3. The van der Waals surface area contributed by atoms with Crippen LogP contribution in [-0.2, 0) is 4.74 Å². The van der Waals surface area contributed by atoms with Crippen molar-refractivity contribution in [2.24, 2.45) is 0 Å². The predicted molar refractivity (Wildman–Crippen MR) is 128 cm³/mol. The van der Waals surface area contributed by atoms with Crippen LogP contribution in [0.3, 0.4) is 0 Å². The molecule has 2 aromatic carbocycles. The van der Waals surface area contributed by atoms with Crippen LogP contribution in [0.2, 0.25) is 0 Å². The molecule has 0 saturated carbocycles. The maximum Gasteiger partial charge on any atom is 0.410 e. The van der Waals surface area contributed by atoms with Crippen LogP contribution in [0.15, 0.2) is 48.5 Å². The van der Waals surface area contributed by atoms with Gasteiger partial charge in [0.2, 0.25) is 0 Å². The Labute approximate surface area is 192 Å². The van der Waals surface area contributed by atoms with E-state index in [4.69, 9.17) is 14.2 Å². The topological polar surface area (TPSA) is 48.0 Å². The van der Waals surface area contributed by atoms with Crippen molar-refractivity contribution >= 4 is 12.2 Å². The van der Waals surface area contributed by atoms with Crippen LogP contribution in [0.25, 0.3) is 6.08 Å². The molecule has 5 heteroatoms. The van der Waals surface area contributed by atoms with Gasteiger partial charge in [0.15, 0.2) is 0 Å². The number of nitrogens with zero attached hydrogens (tertiary/aromatic N) is 1. The zero-order chi connectivity index (χ0) is 23.3. The summed E-state index contributed by atoms with van der Waals surface area (Å²) >= 11 is 0. The van der Waals surface area contributed by atoms with E-state index in [0.29, 0.717) is 6.54 Å². The van der Waals surface area contributed by atoms with Gasteiger partial charge in [0.1, 0.15) is 23.2 Å². The van der Waals surface area contributed by atoms with Gasteiger partial charge >= 0.3 is 6.09 Å². The molecule has 0 radical (unpaired) electrons. The maximum atomic E-state index is 13.1. The summed E-state index contributed by atoms with van der Waals surface area (Å²) in [4.78, 5) is 14.9. The van der Waals surface area contributed by atoms with Gasteiger partial charge in [0.05, 0.1) is 13.2 Å². The van der Waals surface area contributed by atoms with Crippen LogP contribution in [0.5, 0.6) is 11.5 Å². The molecule has 1 aliphatic heterocycles. The first-order chi connectivity index (χ1) is 15.2. The third-order valence-corrected chi connectivity index (χ3v) is 5.59. The lowest BCUT2D eigenvalue weighted by molar-refractivity contribution is 0.0165. The van der Waals surface area contributed by atoms with Crippen molar-refractivity contribution in [2.45, 2.75) is 65.2 Å². The van der Waals surface area contributed by atoms with E-state index in [-0.39, 0.29) is 18.2 Å². The zero-order valence-corrected chi connectivity index (χ0v) is 20.1. The van der Waals surface area contributed by atoms with Gasteiger partial charge in [-0.15, -0.1) is 0 Å². The average Bonchev–Trinajstić information content (AvgIpc) is 2.75. The van der Waals surface area contributed by atoms with Crippen molar-refractivity contribution in [1.82, 2.24) is 4.90 Å². The predicted octanol–water partition coefficient (Wildman–Crippen LogP) is 6.56. The Hall–Kier alpha value is -2.95.